The van der Waals surface area contributed by atoms with Crippen molar-refractivity contribution in [1.82, 2.24) is 14.8 Å². The Morgan fingerprint density at radius 3 is 2.67 bits per heavy atom. The molecule has 2 heterocycles. The minimum atomic E-state index is -0.361. The molecule has 0 fully saturated rings. The Bertz CT molecular complexity index is 1070. The number of nitrogens with one attached hydrogen (secondary N) is 1. The molecule has 134 valence electrons. The Labute approximate surface area is 159 Å². The highest BCUT2D eigenvalue weighted by Gasteiger charge is 2.15. The Morgan fingerprint density at radius 1 is 1.07 bits per heavy atom. The first-order chi connectivity index (χ1) is 13.2. The fraction of sp³-hybridized carbons (Fsp3) is 0.0500. The molecule has 0 saturated carbocycles. The van der Waals surface area contributed by atoms with Crippen LogP contribution < -0.4 is 5.32 Å². The van der Waals surface area contributed by atoms with Gasteiger partial charge in [-0.2, -0.15) is 5.10 Å². The smallest absolute Gasteiger partial charge is 0.276 e. The lowest BCUT2D eigenvalue weighted by atomic mass is 10.2. The molecule has 1 N–H and O–H groups in total. The molecule has 7 heteroatoms. The van der Waals surface area contributed by atoms with E-state index in [-0.39, 0.29) is 17.4 Å². The van der Waals surface area contributed by atoms with Crippen molar-refractivity contribution in [2.24, 2.45) is 0 Å². The second-order valence-electron chi connectivity index (χ2n) is 5.83. The predicted molar refractivity (Wildman–Crippen MR) is 103 cm³/mol. The average Bonchev–Trinajstić information content (AvgIpc) is 3.33. The highest BCUT2D eigenvalue weighted by molar-refractivity contribution is 7.13. The van der Waals surface area contributed by atoms with Crippen LogP contribution in [-0.4, -0.2) is 20.7 Å². The molecule has 0 bridgehead atoms. The van der Waals surface area contributed by atoms with E-state index < -0.39 is 0 Å². The molecule has 2 aromatic carbocycles. The van der Waals surface area contributed by atoms with Crippen LogP contribution in [0.1, 0.15) is 16.1 Å². The van der Waals surface area contributed by atoms with E-state index >= 15 is 0 Å². The van der Waals surface area contributed by atoms with Gasteiger partial charge in [-0.3, -0.25) is 4.79 Å². The van der Waals surface area contributed by atoms with Crippen LogP contribution in [0.4, 0.5) is 10.2 Å². The molecular weight excluding hydrogens is 363 g/mol. The zero-order valence-corrected chi connectivity index (χ0v) is 15.0. The van der Waals surface area contributed by atoms with Gasteiger partial charge in [0, 0.05) is 17.0 Å². The third kappa shape index (κ3) is 3.78. The number of hydrogen-bond acceptors (Lipinski definition) is 4. The van der Waals surface area contributed by atoms with Crippen molar-refractivity contribution < 1.29 is 9.18 Å². The molecule has 0 atom stereocenters. The van der Waals surface area contributed by atoms with E-state index in [1.54, 1.807) is 40.5 Å². The van der Waals surface area contributed by atoms with Gasteiger partial charge in [0.1, 0.15) is 22.3 Å². The number of carbonyl (C=O) groups excluding carboxylic acids is 1. The van der Waals surface area contributed by atoms with Gasteiger partial charge < -0.3 is 5.32 Å². The minimum Gasteiger partial charge on any atom is -0.305 e. The lowest BCUT2D eigenvalue weighted by Crippen LogP contribution is -2.16. The Morgan fingerprint density at radius 2 is 1.85 bits per heavy atom. The average molecular weight is 378 g/mol. The number of anilines is 1. The van der Waals surface area contributed by atoms with Crippen LogP contribution in [0.25, 0.3) is 10.6 Å². The third-order valence-electron chi connectivity index (χ3n) is 3.97. The van der Waals surface area contributed by atoms with Gasteiger partial charge in [-0.15, -0.1) is 11.3 Å². The quantitative estimate of drug-likeness (QED) is 0.558. The van der Waals surface area contributed by atoms with E-state index in [1.165, 1.54) is 17.4 Å². The maximum absolute atomic E-state index is 13.9. The number of thiazole rings is 1. The third-order valence-corrected chi connectivity index (χ3v) is 4.85. The normalized spacial score (nSPS) is 10.7. The highest BCUT2D eigenvalue weighted by Crippen LogP contribution is 2.26. The van der Waals surface area contributed by atoms with Gasteiger partial charge in [0.15, 0.2) is 0 Å². The van der Waals surface area contributed by atoms with Crippen molar-refractivity contribution in [3.05, 3.63) is 89.3 Å². The maximum Gasteiger partial charge on any atom is 0.276 e. The number of amides is 1. The van der Waals surface area contributed by atoms with E-state index in [4.69, 9.17) is 0 Å². The molecule has 0 saturated heterocycles. The first kappa shape index (κ1) is 17.1. The van der Waals surface area contributed by atoms with Gasteiger partial charge in [-0.25, -0.2) is 14.1 Å². The Balaban J connectivity index is 1.51. The first-order valence-corrected chi connectivity index (χ1v) is 9.16. The SMILES string of the molecule is O=C(Nc1ccnn1Cc1ccccc1)c1csc(-c2ccccc2F)n1. The van der Waals surface area contributed by atoms with Crippen LogP contribution in [0.15, 0.2) is 72.2 Å². The van der Waals surface area contributed by atoms with Crippen LogP contribution >= 0.6 is 11.3 Å². The summed E-state index contributed by atoms with van der Waals surface area (Å²) < 4.78 is 15.6. The standard InChI is InChI=1S/C20H15FN4OS/c21-16-9-5-4-8-15(16)20-23-17(13-27-20)19(26)24-18-10-11-22-25(18)12-14-6-2-1-3-7-14/h1-11,13H,12H2,(H,24,26). The number of benzene rings is 2. The van der Waals surface area contributed by atoms with Crippen molar-refractivity contribution in [1.29, 1.82) is 0 Å². The summed E-state index contributed by atoms with van der Waals surface area (Å²) in [5.41, 5.74) is 1.70. The van der Waals surface area contributed by atoms with Crippen LogP contribution in [0.5, 0.6) is 0 Å². The van der Waals surface area contributed by atoms with E-state index in [0.717, 1.165) is 5.56 Å². The largest absolute Gasteiger partial charge is 0.305 e. The molecule has 0 aliphatic rings. The summed E-state index contributed by atoms with van der Waals surface area (Å²) in [7, 11) is 0. The second kappa shape index (κ2) is 7.51. The van der Waals surface area contributed by atoms with Gasteiger partial charge in [-0.1, -0.05) is 42.5 Å². The number of rotatable bonds is 5. The molecule has 5 nitrogen and oxygen atoms in total. The number of hydrogen-bond donors (Lipinski definition) is 1. The Hall–Kier alpha value is -3.32. The van der Waals surface area contributed by atoms with Crippen molar-refractivity contribution in [3.63, 3.8) is 0 Å². The van der Waals surface area contributed by atoms with E-state index in [2.05, 4.69) is 15.4 Å². The van der Waals surface area contributed by atoms with Crippen molar-refractivity contribution in [2.75, 3.05) is 5.32 Å². The predicted octanol–water partition coefficient (Wildman–Crippen LogP) is 4.45. The first-order valence-electron chi connectivity index (χ1n) is 8.28. The molecule has 27 heavy (non-hydrogen) atoms. The fourth-order valence-corrected chi connectivity index (χ4v) is 3.46. The zero-order chi connectivity index (χ0) is 18.6. The number of halogens is 1. The number of nitrogens with zero attached hydrogens (tertiary/aromatic N) is 3. The molecule has 1 amide bonds. The van der Waals surface area contributed by atoms with Crippen molar-refractivity contribution in [3.8, 4) is 10.6 Å². The lowest BCUT2D eigenvalue weighted by molar-refractivity contribution is 0.102. The van der Waals surface area contributed by atoms with Crippen LogP contribution in [-0.2, 0) is 6.54 Å². The summed E-state index contributed by atoms with van der Waals surface area (Å²) >= 11 is 1.23. The lowest BCUT2D eigenvalue weighted by Gasteiger charge is -2.08. The monoisotopic (exact) mass is 378 g/mol. The summed E-state index contributed by atoms with van der Waals surface area (Å²) in [6.45, 7) is 0.543. The molecule has 2 aromatic heterocycles. The molecule has 0 radical (unpaired) electrons. The number of aromatic nitrogens is 3. The molecule has 0 aliphatic heterocycles. The van der Waals surface area contributed by atoms with E-state index in [9.17, 15) is 9.18 Å². The molecule has 0 spiro atoms. The van der Waals surface area contributed by atoms with Crippen molar-refractivity contribution >= 4 is 23.1 Å². The maximum atomic E-state index is 13.9. The summed E-state index contributed by atoms with van der Waals surface area (Å²) in [6, 6.07) is 17.9. The van der Waals surface area contributed by atoms with E-state index in [0.29, 0.717) is 22.9 Å². The fourth-order valence-electron chi connectivity index (χ4n) is 2.64. The molecule has 0 unspecified atom stereocenters. The molecule has 4 rings (SSSR count). The molecule has 0 aliphatic carbocycles. The van der Waals surface area contributed by atoms with Crippen LogP contribution in [0.2, 0.25) is 0 Å². The van der Waals surface area contributed by atoms with Gasteiger partial charge in [0.05, 0.1) is 12.7 Å². The molecular formula is C20H15FN4OS. The van der Waals surface area contributed by atoms with Crippen LogP contribution in [0, 0.1) is 5.82 Å². The number of carbonyl (C=O) groups is 1. The van der Waals surface area contributed by atoms with Gasteiger partial charge in [0.2, 0.25) is 0 Å². The molecule has 4 aromatic rings. The van der Waals surface area contributed by atoms with Gasteiger partial charge in [0.25, 0.3) is 5.91 Å². The van der Waals surface area contributed by atoms with Gasteiger partial charge in [-0.05, 0) is 17.7 Å². The van der Waals surface area contributed by atoms with Crippen LogP contribution in [0.3, 0.4) is 0 Å². The van der Waals surface area contributed by atoms with E-state index in [1.807, 2.05) is 30.3 Å². The summed E-state index contributed by atoms with van der Waals surface area (Å²) in [5.74, 6) is -0.146. The summed E-state index contributed by atoms with van der Waals surface area (Å²) in [4.78, 5) is 16.8. The van der Waals surface area contributed by atoms with Gasteiger partial charge >= 0.3 is 0 Å². The topological polar surface area (TPSA) is 59.8 Å². The Kier molecular flexibility index (Phi) is 4.76. The second-order valence-corrected chi connectivity index (χ2v) is 6.69. The summed E-state index contributed by atoms with van der Waals surface area (Å²) in [6.07, 6.45) is 1.63. The van der Waals surface area contributed by atoms with Crippen molar-refractivity contribution in [2.45, 2.75) is 6.54 Å². The minimum absolute atomic E-state index is 0.241. The summed E-state index contributed by atoms with van der Waals surface area (Å²) in [5, 5.41) is 9.16. The highest BCUT2D eigenvalue weighted by atomic mass is 32.1. The zero-order valence-electron chi connectivity index (χ0n) is 14.2.